The van der Waals surface area contributed by atoms with Crippen molar-refractivity contribution in [1.82, 2.24) is 5.32 Å². The lowest BCUT2D eigenvalue weighted by molar-refractivity contribution is -0.126. The molecule has 6 heteroatoms. The molecule has 27 heavy (non-hydrogen) atoms. The maximum atomic E-state index is 12.7. The molecule has 1 fully saturated rings. The Balaban J connectivity index is 1.71. The number of benzene rings is 2. The van der Waals surface area contributed by atoms with Crippen LogP contribution in [0.4, 0.5) is 5.69 Å². The van der Waals surface area contributed by atoms with Crippen LogP contribution in [0.25, 0.3) is 0 Å². The molecule has 0 saturated carbocycles. The lowest BCUT2D eigenvalue weighted by Crippen LogP contribution is -2.34. The van der Waals surface area contributed by atoms with Gasteiger partial charge in [-0.25, -0.2) is 0 Å². The molecule has 1 heterocycles. The fraction of sp³-hybridized carbons (Fsp3) is 0.333. The molecule has 0 unspecified atom stereocenters. The van der Waals surface area contributed by atoms with E-state index in [-0.39, 0.29) is 24.3 Å². The van der Waals surface area contributed by atoms with Gasteiger partial charge in [-0.05, 0) is 24.6 Å². The molecule has 2 aromatic carbocycles. The highest BCUT2D eigenvalue weighted by Crippen LogP contribution is 2.35. The van der Waals surface area contributed by atoms with E-state index in [0.717, 1.165) is 5.56 Å². The molecule has 1 aliphatic heterocycles. The molecule has 2 amide bonds. The van der Waals surface area contributed by atoms with E-state index in [1.54, 1.807) is 37.3 Å². The molecule has 2 atom stereocenters. The zero-order valence-corrected chi connectivity index (χ0v) is 15.8. The zero-order valence-electron chi connectivity index (χ0n) is 15.8. The van der Waals surface area contributed by atoms with Crippen molar-refractivity contribution in [1.29, 1.82) is 0 Å². The Bertz CT molecular complexity index is 822. The number of amides is 2. The quantitative estimate of drug-likeness (QED) is 0.851. The molecule has 2 aromatic rings. The summed E-state index contributed by atoms with van der Waals surface area (Å²) in [5.74, 6) is 0.589. The Kier molecular flexibility index (Phi) is 5.64. The normalized spacial score (nSPS) is 17.5. The van der Waals surface area contributed by atoms with E-state index < -0.39 is 5.92 Å². The average Bonchev–Trinajstić information content (AvgIpc) is 3.09. The van der Waals surface area contributed by atoms with Crippen molar-refractivity contribution in [2.45, 2.75) is 19.4 Å². The number of rotatable bonds is 6. The minimum atomic E-state index is -0.393. The van der Waals surface area contributed by atoms with Gasteiger partial charge < -0.3 is 19.7 Å². The van der Waals surface area contributed by atoms with Crippen LogP contribution in [-0.4, -0.2) is 32.6 Å². The van der Waals surface area contributed by atoms with Gasteiger partial charge in [0.25, 0.3) is 0 Å². The number of anilines is 1. The SMILES string of the molecule is COc1ccc(N2C[C@@H](C(=O)N[C@@H](C)c3ccccc3)CC2=O)c(OC)c1. The highest BCUT2D eigenvalue weighted by atomic mass is 16.5. The Hall–Kier alpha value is -3.02. The number of nitrogens with zero attached hydrogens (tertiary/aromatic N) is 1. The third kappa shape index (κ3) is 4.05. The summed E-state index contributed by atoms with van der Waals surface area (Å²) in [6, 6.07) is 14.9. The molecule has 0 aliphatic carbocycles. The van der Waals surface area contributed by atoms with Gasteiger partial charge in [0, 0.05) is 19.0 Å². The van der Waals surface area contributed by atoms with Crippen molar-refractivity contribution in [3.63, 3.8) is 0 Å². The highest BCUT2D eigenvalue weighted by molar-refractivity contribution is 6.01. The van der Waals surface area contributed by atoms with Gasteiger partial charge in [-0.15, -0.1) is 0 Å². The predicted octanol–water partition coefficient (Wildman–Crippen LogP) is 2.93. The Morgan fingerprint density at radius 2 is 1.89 bits per heavy atom. The van der Waals surface area contributed by atoms with Crippen LogP contribution in [0.2, 0.25) is 0 Å². The van der Waals surface area contributed by atoms with Crippen LogP contribution in [0, 0.1) is 5.92 Å². The van der Waals surface area contributed by atoms with Gasteiger partial charge in [-0.1, -0.05) is 30.3 Å². The van der Waals surface area contributed by atoms with Gasteiger partial charge in [-0.3, -0.25) is 9.59 Å². The van der Waals surface area contributed by atoms with Crippen molar-refractivity contribution >= 4 is 17.5 Å². The van der Waals surface area contributed by atoms with Crippen LogP contribution < -0.4 is 19.7 Å². The lowest BCUT2D eigenvalue weighted by atomic mass is 10.1. The summed E-state index contributed by atoms with van der Waals surface area (Å²) in [4.78, 5) is 26.8. The summed E-state index contributed by atoms with van der Waals surface area (Å²) in [7, 11) is 3.12. The number of nitrogens with one attached hydrogen (secondary N) is 1. The number of carbonyl (C=O) groups is 2. The summed E-state index contributed by atoms with van der Waals surface area (Å²) < 4.78 is 10.6. The van der Waals surface area contributed by atoms with Crippen molar-refractivity contribution in [2.24, 2.45) is 5.92 Å². The molecular formula is C21H24N2O4. The fourth-order valence-corrected chi connectivity index (χ4v) is 3.28. The number of methoxy groups -OCH3 is 2. The van der Waals surface area contributed by atoms with E-state index in [2.05, 4.69) is 5.32 Å². The summed E-state index contributed by atoms with van der Waals surface area (Å²) in [5.41, 5.74) is 1.68. The summed E-state index contributed by atoms with van der Waals surface area (Å²) in [6.07, 6.45) is 0.183. The van der Waals surface area contributed by atoms with Crippen LogP contribution in [0.1, 0.15) is 24.9 Å². The van der Waals surface area contributed by atoms with Gasteiger partial charge in [0.15, 0.2) is 0 Å². The van der Waals surface area contributed by atoms with Crippen molar-refractivity contribution in [2.75, 3.05) is 25.7 Å². The van der Waals surface area contributed by atoms with Crippen LogP contribution in [0.15, 0.2) is 48.5 Å². The largest absolute Gasteiger partial charge is 0.497 e. The molecular weight excluding hydrogens is 344 g/mol. The van der Waals surface area contributed by atoms with Crippen LogP contribution in [-0.2, 0) is 9.59 Å². The number of ether oxygens (including phenoxy) is 2. The first kappa shape index (κ1) is 18.8. The third-order valence-electron chi connectivity index (χ3n) is 4.83. The Morgan fingerprint density at radius 3 is 2.56 bits per heavy atom. The monoisotopic (exact) mass is 368 g/mol. The van der Waals surface area contributed by atoms with Crippen LogP contribution >= 0.6 is 0 Å². The lowest BCUT2D eigenvalue weighted by Gasteiger charge is -2.21. The number of hydrogen-bond acceptors (Lipinski definition) is 4. The van der Waals surface area contributed by atoms with Crippen LogP contribution in [0.3, 0.4) is 0 Å². The second-order valence-corrected chi connectivity index (χ2v) is 6.58. The molecule has 1 saturated heterocycles. The van der Waals surface area contributed by atoms with Crippen molar-refractivity contribution < 1.29 is 19.1 Å². The summed E-state index contributed by atoms with van der Waals surface area (Å²) in [5, 5.41) is 3.01. The Morgan fingerprint density at radius 1 is 1.15 bits per heavy atom. The highest BCUT2D eigenvalue weighted by Gasteiger charge is 2.36. The van der Waals surface area contributed by atoms with Gasteiger partial charge in [0.2, 0.25) is 11.8 Å². The minimum Gasteiger partial charge on any atom is -0.497 e. The van der Waals surface area contributed by atoms with E-state index in [1.807, 2.05) is 37.3 Å². The van der Waals surface area contributed by atoms with Gasteiger partial charge in [-0.2, -0.15) is 0 Å². The maximum absolute atomic E-state index is 12.7. The third-order valence-corrected chi connectivity index (χ3v) is 4.83. The van der Waals surface area contributed by atoms with Gasteiger partial charge >= 0.3 is 0 Å². The molecule has 6 nitrogen and oxygen atoms in total. The van der Waals surface area contributed by atoms with E-state index in [1.165, 1.54) is 0 Å². The van der Waals surface area contributed by atoms with Crippen LogP contribution in [0.5, 0.6) is 11.5 Å². The Labute approximate surface area is 159 Å². The van der Waals surface area contributed by atoms with Crippen molar-refractivity contribution in [3.05, 3.63) is 54.1 Å². The summed E-state index contributed by atoms with van der Waals surface area (Å²) in [6.45, 7) is 2.27. The first-order valence-electron chi connectivity index (χ1n) is 8.91. The van der Waals surface area contributed by atoms with E-state index in [0.29, 0.717) is 23.7 Å². The van der Waals surface area contributed by atoms with E-state index in [9.17, 15) is 9.59 Å². The first-order chi connectivity index (χ1) is 13.0. The second-order valence-electron chi connectivity index (χ2n) is 6.58. The zero-order chi connectivity index (χ0) is 19.4. The molecule has 3 rings (SSSR count). The van der Waals surface area contributed by atoms with Gasteiger partial charge in [0.05, 0.1) is 31.9 Å². The standard InChI is InChI=1S/C21H24N2O4/c1-14(15-7-5-4-6-8-15)22-21(25)16-11-20(24)23(13-16)18-10-9-17(26-2)12-19(18)27-3/h4-10,12,14,16H,11,13H2,1-3H3,(H,22,25)/t14-,16-/m0/s1. The molecule has 142 valence electrons. The van der Waals surface area contributed by atoms with Crippen molar-refractivity contribution in [3.8, 4) is 11.5 Å². The summed E-state index contributed by atoms with van der Waals surface area (Å²) >= 11 is 0. The minimum absolute atomic E-state index is 0.0917. The predicted molar refractivity (Wildman–Crippen MR) is 103 cm³/mol. The fourth-order valence-electron chi connectivity index (χ4n) is 3.28. The van der Waals surface area contributed by atoms with Gasteiger partial charge in [0.1, 0.15) is 11.5 Å². The smallest absolute Gasteiger partial charge is 0.227 e. The molecule has 0 radical (unpaired) electrons. The molecule has 0 bridgehead atoms. The average molecular weight is 368 g/mol. The maximum Gasteiger partial charge on any atom is 0.227 e. The second kappa shape index (κ2) is 8.12. The molecule has 0 aromatic heterocycles. The number of carbonyl (C=O) groups excluding carboxylic acids is 2. The number of hydrogen-bond donors (Lipinski definition) is 1. The first-order valence-corrected chi connectivity index (χ1v) is 8.91. The molecule has 0 spiro atoms. The topological polar surface area (TPSA) is 67.9 Å². The van der Waals surface area contributed by atoms with E-state index >= 15 is 0 Å². The molecule has 1 N–H and O–H groups in total. The molecule has 1 aliphatic rings. The van der Waals surface area contributed by atoms with E-state index in [4.69, 9.17) is 9.47 Å².